The number of rotatable bonds is 10. The highest BCUT2D eigenvalue weighted by Crippen LogP contribution is 2.45. The van der Waals surface area contributed by atoms with Crippen molar-refractivity contribution in [3.63, 3.8) is 0 Å². The molecule has 15 nitrogen and oxygen atoms in total. The van der Waals surface area contributed by atoms with E-state index in [2.05, 4.69) is 63.8 Å². The molecule has 0 bridgehead atoms. The predicted molar refractivity (Wildman–Crippen MR) is 250 cm³/mol. The number of aromatic amines is 2. The van der Waals surface area contributed by atoms with E-state index in [0.29, 0.717) is 42.5 Å². The van der Waals surface area contributed by atoms with Gasteiger partial charge in [-0.25, -0.2) is 19.6 Å². The van der Waals surface area contributed by atoms with Crippen LogP contribution in [0.5, 0.6) is 5.75 Å². The van der Waals surface area contributed by atoms with E-state index in [-0.39, 0.29) is 23.9 Å². The maximum absolute atomic E-state index is 14.2. The second-order valence-corrected chi connectivity index (χ2v) is 17.2. The molecular formula is C52H50N8O7. The molecule has 0 aliphatic carbocycles. The number of fused-ring (bicyclic) bond motifs is 5. The van der Waals surface area contributed by atoms with Crippen molar-refractivity contribution in [1.29, 1.82) is 0 Å². The van der Waals surface area contributed by atoms with Crippen molar-refractivity contribution in [2.45, 2.75) is 56.5 Å². The summed E-state index contributed by atoms with van der Waals surface area (Å²) in [6, 6.07) is 33.0. The minimum absolute atomic E-state index is 0.185. The fraction of sp³-hybridized carbons (Fsp3) is 0.269. The third kappa shape index (κ3) is 8.10. The summed E-state index contributed by atoms with van der Waals surface area (Å²) in [5.41, 5.74) is 8.10. The Kier molecular flexibility index (Phi) is 11.6. The lowest BCUT2D eigenvalue weighted by Crippen LogP contribution is -2.43. The molecule has 2 fully saturated rings. The zero-order valence-corrected chi connectivity index (χ0v) is 37.4. The molecule has 0 saturated carbocycles. The summed E-state index contributed by atoms with van der Waals surface area (Å²) in [6.45, 7) is 1.48. The van der Waals surface area contributed by atoms with E-state index in [4.69, 9.17) is 24.2 Å². The van der Waals surface area contributed by atoms with Crippen molar-refractivity contribution in [3.8, 4) is 39.4 Å². The number of ether oxygens (including phenoxy) is 3. The van der Waals surface area contributed by atoms with Gasteiger partial charge in [0, 0.05) is 36.7 Å². The van der Waals surface area contributed by atoms with Crippen LogP contribution in [0.4, 0.5) is 9.59 Å². The molecule has 2 unspecified atom stereocenters. The van der Waals surface area contributed by atoms with E-state index in [0.717, 1.165) is 81.4 Å². The molecule has 67 heavy (non-hydrogen) atoms. The molecule has 7 aromatic rings. The van der Waals surface area contributed by atoms with Crippen molar-refractivity contribution in [3.05, 3.63) is 150 Å². The van der Waals surface area contributed by atoms with Gasteiger partial charge < -0.3 is 39.3 Å². The van der Waals surface area contributed by atoms with E-state index >= 15 is 0 Å². The van der Waals surface area contributed by atoms with Crippen LogP contribution in [-0.2, 0) is 25.7 Å². The van der Waals surface area contributed by atoms with Crippen LogP contribution >= 0.6 is 0 Å². The first kappa shape index (κ1) is 43.0. The van der Waals surface area contributed by atoms with E-state index in [1.54, 1.807) is 11.9 Å². The third-order valence-electron chi connectivity index (χ3n) is 13.3. The molecule has 5 aromatic carbocycles. The number of hydrogen-bond acceptors (Lipinski definition) is 9. The van der Waals surface area contributed by atoms with Crippen LogP contribution in [0.3, 0.4) is 0 Å². The number of likely N-dealkylation sites (N-methyl/N-ethyl adjacent to an activating group) is 1. The number of alkyl carbamates (subject to hydrolysis) is 1. The molecular weight excluding hydrogens is 849 g/mol. The number of aromatic nitrogens is 4. The number of hydrogen-bond donors (Lipinski definition) is 3. The third-order valence-corrected chi connectivity index (χ3v) is 13.3. The van der Waals surface area contributed by atoms with E-state index < -0.39 is 24.3 Å². The summed E-state index contributed by atoms with van der Waals surface area (Å²) in [4.78, 5) is 74.7. The first-order chi connectivity index (χ1) is 32.7. The summed E-state index contributed by atoms with van der Waals surface area (Å²) < 4.78 is 16.4. The van der Waals surface area contributed by atoms with Gasteiger partial charge >= 0.3 is 12.2 Å². The first-order valence-corrected chi connectivity index (χ1v) is 22.5. The Labute approximate surface area is 387 Å². The average molecular weight is 899 g/mol. The normalized spacial score (nSPS) is 17.2. The highest BCUT2D eigenvalue weighted by molar-refractivity contribution is 5.98. The van der Waals surface area contributed by atoms with Gasteiger partial charge in [-0.3, -0.25) is 14.5 Å². The summed E-state index contributed by atoms with van der Waals surface area (Å²) in [5, 5.41) is 4.74. The molecule has 10 rings (SSSR count). The first-order valence-electron chi connectivity index (χ1n) is 22.5. The van der Waals surface area contributed by atoms with Gasteiger partial charge in [0.2, 0.25) is 0 Å². The van der Waals surface area contributed by atoms with Crippen molar-refractivity contribution in [2.75, 3.05) is 34.4 Å². The summed E-state index contributed by atoms with van der Waals surface area (Å²) in [6.07, 6.45) is 5.45. The highest BCUT2D eigenvalue weighted by atomic mass is 16.5. The Morgan fingerprint density at radius 3 is 1.96 bits per heavy atom. The standard InChI is InChI=1S/C52H50N8O7/c1-58(52(64)66-3)45(32-14-8-5-9-15-32)50(62)60-25-11-17-43(60)48-54-28-40(55-48)34-20-22-38-33(26-34)18-23-39-37-21-19-35(27-36(37)30-67-46(38)39)41-29-53-47(56-41)42-16-10-24-59(42)49(61)44(57-51(63)65-2)31-12-6-4-7-13-31/h4-9,12-15,18-23,26-29,42-45H,10-11,16-17,24-25,30H2,1-3H3,(H,53,56)(H,54,55)(H,57,63)/t42-,43-,44?,45?/m0/s1. The van der Waals surface area contributed by atoms with Crippen molar-refractivity contribution >= 4 is 34.8 Å². The van der Waals surface area contributed by atoms with Crippen LogP contribution in [0.15, 0.2) is 122 Å². The number of imidazole rings is 2. The smallest absolute Gasteiger partial charge is 0.410 e. The Balaban J connectivity index is 0.855. The van der Waals surface area contributed by atoms with Crippen LogP contribution in [0.1, 0.15) is 78.2 Å². The lowest BCUT2D eigenvalue weighted by atomic mass is 9.92. The molecule has 0 spiro atoms. The summed E-state index contributed by atoms with van der Waals surface area (Å²) >= 11 is 0. The highest BCUT2D eigenvalue weighted by Gasteiger charge is 2.40. The Hall–Kier alpha value is -7.94. The zero-order chi connectivity index (χ0) is 46.2. The molecule has 3 aliphatic rings. The van der Waals surface area contributed by atoms with E-state index in [1.165, 1.54) is 19.1 Å². The number of methoxy groups -OCH3 is 2. The second-order valence-electron chi connectivity index (χ2n) is 17.2. The van der Waals surface area contributed by atoms with Crippen LogP contribution in [0.25, 0.3) is 44.4 Å². The van der Waals surface area contributed by atoms with Crippen LogP contribution in [0.2, 0.25) is 0 Å². The fourth-order valence-corrected chi connectivity index (χ4v) is 9.91. The van der Waals surface area contributed by atoms with Gasteiger partial charge in [-0.2, -0.15) is 0 Å². The van der Waals surface area contributed by atoms with Gasteiger partial charge in [-0.1, -0.05) is 91.0 Å². The van der Waals surface area contributed by atoms with E-state index in [9.17, 15) is 19.2 Å². The van der Waals surface area contributed by atoms with Gasteiger partial charge in [-0.15, -0.1) is 0 Å². The number of carbonyl (C=O) groups is 4. The number of H-pyrrole nitrogens is 2. The lowest BCUT2D eigenvalue weighted by Gasteiger charge is -2.32. The molecule has 2 saturated heterocycles. The van der Waals surface area contributed by atoms with Crippen molar-refractivity contribution in [1.82, 2.24) is 40.0 Å². The van der Waals surface area contributed by atoms with Gasteiger partial charge in [0.05, 0.1) is 50.1 Å². The predicted octanol–water partition coefficient (Wildman–Crippen LogP) is 9.04. The molecule has 4 atom stereocenters. The van der Waals surface area contributed by atoms with Gasteiger partial charge in [0.1, 0.15) is 36.1 Å². The Morgan fingerprint density at radius 2 is 1.31 bits per heavy atom. The number of carbonyl (C=O) groups excluding carboxylic acids is 4. The molecule has 4 amide bonds. The molecule has 0 radical (unpaired) electrons. The molecule has 5 heterocycles. The number of amides is 4. The van der Waals surface area contributed by atoms with Crippen molar-refractivity contribution < 1.29 is 33.4 Å². The Morgan fingerprint density at radius 1 is 0.716 bits per heavy atom. The number of likely N-dealkylation sites (tertiary alicyclic amines) is 2. The lowest BCUT2D eigenvalue weighted by molar-refractivity contribution is -0.137. The minimum Gasteiger partial charge on any atom is -0.488 e. The van der Waals surface area contributed by atoms with Crippen LogP contribution in [-0.4, -0.2) is 93.0 Å². The minimum atomic E-state index is -0.895. The maximum Gasteiger partial charge on any atom is 0.410 e. The van der Waals surface area contributed by atoms with Crippen molar-refractivity contribution in [2.24, 2.45) is 0 Å². The summed E-state index contributed by atoms with van der Waals surface area (Å²) in [5.74, 6) is 1.81. The SMILES string of the molecule is COC(=O)NC(C(=O)N1CCC[C@H]1c1ncc(-c2ccc3c(c2)COc2c-3ccc3cc(-c4cnc([C@@H]5CCCN5C(=O)C(c5ccccc5)N(C)C(=O)OC)[nH]4)ccc23)[nH]1)c1ccccc1. The second kappa shape index (κ2) is 18.1. The van der Waals surface area contributed by atoms with Gasteiger partial charge in [-0.05, 0) is 77.1 Å². The number of nitrogens with zero attached hydrogens (tertiary/aromatic N) is 5. The average Bonchev–Trinajstić information content (AvgIpc) is 4.23. The van der Waals surface area contributed by atoms with Gasteiger partial charge in [0.15, 0.2) is 0 Å². The maximum atomic E-state index is 14.2. The molecule has 3 N–H and O–H groups in total. The topological polar surface area (TPSA) is 175 Å². The monoisotopic (exact) mass is 898 g/mol. The number of nitrogens with one attached hydrogen (secondary N) is 3. The van der Waals surface area contributed by atoms with Gasteiger partial charge in [0.25, 0.3) is 11.8 Å². The quantitative estimate of drug-likeness (QED) is 0.121. The molecule has 15 heteroatoms. The van der Waals surface area contributed by atoms with Crippen LogP contribution < -0.4 is 10.1 Å². The Bertz CT molecular complexity index is 2990. The summed E-state index contributed by atoms with van der Waals surface area (Å²) in [7, 11) is 4.18. The zero-order valence-electron chi connectivity index (χ0n) is 37.4. The molecule has 3 aliphatic heterocycles. The largest absolute Gasteiger partial charge is 0.488 e. The van der Waals surface area contributed by atoms with Crippen LogP contribution in [0, 0.1) is 0 Å². The number of benzene rings is 5. The molecule has 340 valence electrons. The van der Waals surface area contributed by atoms with E-state index in [1.807, 2.05) is 78.0 Å². The fourth-order valence-electron chi connectivity index (χ4n) is 9.91. The molecule has 2 aromatic heterocycles.